The fourth-order valence-electron chi connectivity index (χ4n) is 1.57. The lowest BCUT2D eigenvalue weighted by atomic mass is 10.3. The van der Waals surface area contributed by atoms with E-state index in [4.69, 9.17) is 5.11 Å². The summed E-state index contributed by atoms with van der Waals surface area (Å²) in [5.74, 6) is -0.334. The van der Waals surface area contributed by atoms with Crippen LogP contribution in [0, 0.1) is 6.92 Å². The van der Waals surface area contributed by atoms with E-state index in [9.17, 15) is 4.79 Å². The second-order valence-corrected chi connectivity index (χ2v) is 3.45. The van der Waals surface area contributed by atoms with Gasteiger partial charge < -0.3 is 9.67 Å². The van der Waals surface area contributed by atoms with E-state index in [1.807, 2.05) is 0 Å². The van der Waals surface area contributed by atoms with Crippen molar-refractivity contribution >= 4 is 5.97 Å². The summed E-state index contributed by atoms with van der Waals surface area (Å²) in [5.41, 5.74) is 1.02. The molecule has 0 aliphatic rings. The Morgan fingerprint density at radius 1 is 1.44 bits per heavy atom. The topological polar surface area (TPSA) is 68.0 Å². The first-order chi connectivity index (χ1) is 7.68. The van der Waals surface area contributed by atoms with Gasteiger partial charge in [0, 0.05) is 18.6 Å². The molecule has 0 fully saturated rings. The van der Waals surface area contributed by atoms with Crippen LogP contribution in [0.15, 0.2) is 30.7 Å². The van der Waals surface area contributed by atoms with Crippen LogP contribution in [0.25, 0.3) is 0 Å². The Balaban J connectivity index is 2.32. The zero-order valence-electron chi connectivity index (χ0n) is 8.79. The molecule has 2 aromatic rings. The highest BCUT2D eigenvalue weighted by molar-refractivity contribution is 5.87. The maximum absolute atomic E-state index is 11.0. The van der Waals surface area contributed by atoms with Gasteiger partial charge in [0.2, 0.25) is 0 Å². The van der Waals surface area contributed by atoms with Crippen LogP contribution in [-0.4, -0.2) is 25.6 Å². The molecule has 5 nitrogen and oxygen atoms in total. The maximum atomic E-state index is 11.0. The minimum Gasteiger partial charge on any atom is -0.477 e. The molecule has 0 spiro atoms. The Morgan fingerprint density at radius 3 is 2.75 bits per heavy atom. The molecule has 0 saturated carbocycles. The van der Waals surface area contributed by atoms with Crippen molar-refractivity contribution in [2.45, 2.75) is 13.5 Å². The van der Waals surface area contributed by atoms with Crippen LogP contribution in [-0.2, 0) is 6.54 Å². The Hall–Kier alpha value is -2.17. The average molecular weight is 217 g/mol. The van der Waals surface area contributed by atoms with E-state index >= 15 is 0 Å². The van der Waals surface area contributed by atoms with Crippen LogP contribution in [0.4, 0.5) is 0 Å². The molecule has 0 atom stereocenters. The molecule has 0 aliphatic carbocycles. The first-order valence-electron chi connectivity index (χ1n) is 4.83. The van der Waals surface area contributed by atoms with Crippen molar-refractivity contribution in [2.24, 2.45) is 0 Å². The lowest BCUT2D eigenvalue weighted by molar-refractivity contribution is 0.0685. The van der Waals surface area contributed by atoms with Gasteiger partial charge in [0.1, 0.15) is 11.5 Å². The summed E-state index contributed by atoms with van der Waals surface area (Å²) in [6, 6.07) is 3.49. The Bertz CT molecular complexity index is 505. The van der Waals surface area contributed by atoms with Crippen LogP contribution in [0.2, 0.25) is 0 Å². The van der Waals surface area contributed by atoms with E-state index in [1.54, 1.807) is 42.2 Å². The van der Waals surface area contributed by atoms with Gasteiger partial charge in [-0.2, -0.15) is 0 Å². The molecular formula is C11H11N3O2. The SMILES string of the molecule is Cc1ccn(Cc2ncccn2)c1C(=O)O. The molecule has 5 heteroatoms. The average Bonchev–Trinajstić information content (AvgIpc) is 2.61. The number of carboxylic acid groups (broad SMARTS) is 1. The van der Waals surface area contributed by atoms with Crippen LogP contribution < -0.4 is 0 Å². The summed E-state index contributed by atoms with van der Waals surface area (Å²) in [7, 11) is 0. The van der Waals surface area contributed by atoms with Crippen molar-refractivity contribution in [1.82, 2.24) is 14.5 Å². The van der Waals surface area contributed by atoms with Crippen molar-refractivity contribution in [3.05, 3.63) is 47.8 Å². The number of aromatic nitrogens is 3. The quantitative estimate of drug-likeness (QED) is 0.842. The molecule has 0 saturated heterocycles. The van der Waals surface area contributed by atoms with E-state index < -0.39 is 5.97 Å². The van der Waals surface area contributed by atoms with Gasteiger partial charge in [-0.25, -0.2) is 14.8 Å². The van der Waals surface area contributed by atoms with Crippen molar-refractivity contribution < 1.29 is 9.90 Å². The second-order valence-electron chi connectivity index (χ2n) is 3.45. The largest absolute Gasteiger partial charge is 0.477 e. The molecule has 82 valence electrons. The number of rotatable bonds is 3. The molecule has 2 aromatic heterocycles. The molecular weight excluding hydrogens is 206 g/mol. The smallest absolute Gasteiger partial charge is 0.352 e. The normalized spacial score (nSPS) is 10.3. The maximum Gasteiger partial charge on any atom is 0.352 e. The first-order valence-corrected chi connectivity index (χ1v) is 4.83. The minimum absolute atomic E-state index is 0.285. The number of carbonyl (C=O) groups is 1. The molecule has 16 heavy (non-hydrogen) atoms. The van der Waals surface area contributed by atoms with Crippen LogP contribution >= 0.6 is 0 Å². The molecule has 0 radical (unpaired) electrons. The molecule has 2 rings (SSSR count). The summed E-state index contributed by atoms with van der Waals surface area (Å²) in [4.78, 5) is 19.1. The number of hydrogen-bond acceptors (Lipinski definition) is 3. The number of aryl methyl sites for hydroxylation is 1. The molecule has 0 amide bonds. The van der Waals surface area contributed by atoms with Gasteiger partial charge in [-0.3, -0.25) is 0 Å². The van der Waals surface area contributed by atoms with Gasteiger partial charge in [0.25, 0.3) is 0 Å². The van der Waals surface area contributed by atoms with Gasteiger partial charge in [0.15, 0.2) is 0 Å². The van der Waals surface area contributed by atoms with Crippen LogP contribution in [0.1, 0.15) is 21.9 Å². The number of aromatic carboxylic acids is 1. The van der Waals surface area contributed by atoms with Crippen molar-refractivity contribution in [3.8, 4) is 0 Å². The van der Waals surface area contributed by atoms with Crippen LogP contribution in [0.5, 0.6) is 0 Å². The number of carboxylic acids is 1. The second kappa shape index (κ2) is 4.14. The molecule has 0 unspecified atom stereocenters. The number of nitrogens with zero attached hydrogens (tertiary/aromatic N) is 3. The fourth-order valence-corrected chi connectivity index (χ4v) is 1.57. The Morgan fingerprint density at radius 2 is 2.12 bits per heavy atom. The zero-order chi connectivity index (χ0) is 11.5. The highest BCUT2D eigenvalue weighted by Crippen LogP contribution is 2.11. The lowest BCUT2D eigenvalue weighted by Crippen LogP contribution is -2.11. The monoisotopic (exact) mass is 217 g/mol. The van der Waals surface area contributed by atoms with Gasteiger partial charge in [-0.05, 0) is 24.6 Å². The third-order valence-corrected chi connectivity index (χ3v) is 2.30. The van der Waals surface area contributed by atoms with Gasteiger partial charge >= 0.3 is 5.97 Å². The van der Waals surface area contributed by atoms with E-state index in [0.717, 1.165) is 5.56 Å². The summed E-state index contributed by atoms with van der Waals surface area (Å²) < 4.78 is 1.63. The molecule has 0 bridgehead atoms. The molecule has 0 aromatic carbocycles. The van der Waals surface area contributed by atoms with E-state index in [-0.39, 0.29) is 5.69 Å². The predicted octanol–water partition coefficient (Wildman–Crippen LogP) is 1.33. The molecule has 0 aliphatic heterocycles. The van der Waals surface area contributed by atoms with Gasteiger partial charge in [-0.1, -0.05) is 0 Å². The third kappa shape index (κ3) is 1.93. The van der Waals surface area contributed by atoms with Crippen molar-refractivity contribution in [1.29, 1.82) is 0 Å². The summed E-state index contributed by atoms with van der Waals surface area (Å²) >= 11 is 0. The predicted molar refractivity (Wildman–Crippen MR) is 57.3 cm³/mol. The Kier molecular flexibility index (Phi) is 2.68. The summed E-state index contributed by atoms with van der Waals surface area (Å²) in [6.07, 6.45) is 5.01. The van der Waals surface area contributed by atoms with Gasteiger partial charge in [-0.15, -0.1) is 0 Å². The van der Waals surface area contributed by atoms with Crippen molar-refractivity contribution in [2.75, 3.05) is 0 Å². The third-order valence-electron chi connectivity index (χ3n) is 2.30. The number of hydrogen-bond donors (Lipinski definition) is 1. The summed E-state index contributed by atoms with van der Waals surface area (Å²) in [6.45, 7) is 2.14. The highest BCUT2D eigenvalue weighted by atomic mass is 16.4. The first kappa shape index (κ1) is 10.4. The molecule has 2 heterocycles. The molecule has 1 N–H and O–H groups in total. The minimum atomic E-state index is -0.932. The highest BCUT2D eigenvalue weighted by Gasteiger charge is 2.13. The van der Waals surface area contributed by atoms with Crippen molar-refractivity contribution in [3.63, 3.8) is 0 Å². The fraction of sp³-hybridized carbons (Fsp3) is 0.182. The summed E-state index contributed by atoms with van der Waals surface area (Å²) in [5, 5.41) is 9.05. The van der Waals surface area contributed by atoms with Crippen LogP contribution in [0.3, 0.4) is 0 Å². The van der Waals surface area contributed by atoms with E-state index in [0.29, 0.717) is 12.4 Å². The standard InChI is InChI=1S/C11H11N3O2/c1-8-3-6-14(10(8)11(15)16)7-9-12-4-2-5-13-9/h2-6H,7H2,1H3,(H,15,16). The van der Waals surface area contributed by atoms with E-state index in [1.165, 1.54) is 0 Å². The van der Waals surface area contributed by atoms with Gasteiger partial charge in [0.05, 0.1) is 6.54 Å². The Labute approximate surface area is 92.4 Å². The zero-order valence-corrected chi connectivity index (χ0v) is 8.79. The lowest BCUT2D eigenvalue weighted by Gasteiger charge is -2.05. The van der Waals surface area contributed by atoms with E-state index in [2.05, 4.69) is 9.97 Å².